The molecule has 2 aromatic rings. The minimum absolute atomic E-state index is 0.00232. The van der Waals surface area contributed by atoms with Gasteiger partial charge >= 0.3 is 5.97 Å². The lowest BCUT2D eigenvalue weighted by Gasteiger charge is -2.12. The molecule has 0 aromatic heterocycles. The third-order valence-corrected chi connectivity index (χ3v) is 4.88. The summed E-state index contributed by atoms with van der Waals surface area (Å²) in [6, 6.07) is 10.3. The zero-order valence-corrected chi connectivity index (χ0v) is 18.1. The highest BCUT2D eigenvalue weighted by Crippen LogP contribution is 2.24. The molecule has 2 aromatic carbocycles. The van der Waals surface area contributed by atoms with Crippen molar-refractivity contribution in [2.24, 2.45) is 0 Å². The van der Waals surface area contributed by atoms with E-state index < -0.39 is 36.2 Å². The summed E-state index contributed by atoms with van der Waals surface area (Å²) in [7, 11) is 2.92. The predicted molar refractivity (Wildman–Crippen MR) is 114 cm³/mol. The van der Waals surface area contributed by atoms with Gasteiger partial charge < -0.3 is 14.2 Å². The lowest BCUT2D eigenvalue weighted by molar-refractivity contribution is -0.123. The Balaban J connectivity index is 1.60. The fourth-order valence-electron chi connectivity index (χ4n) is 3.26. The van der Waals surface area contributed by atoms with Crippen LogP contribution < -0.4 is 10.1 Å². The number of hydrogen-bond donors (Lipinski definition) is 1. The Labute approximate surface area is 189 Å². The molecule has 0 atom stereocenters. The van der Waals surface area contributed by atoms with Crippen LogP contribution >= 0.6 is 0 Å². The van der Waals surface area contributed by atoms with Crippen molar-refractivity contribution < 1.29 is 38.2 Å². The van der Waals surface area contributed by atoms with E-state index in [9.17, 15) is 24.0 Å². The molecule has 10 heteroatoms. The van der Waals surface area contributed by atoms with E-state index in [2.05, 4.69) is 5.32 Å². The summed E-state index contributed by atoms with van der Waals surface area (Å²) < 4.78 is 15.0. The smallest absolute Gasteiger partial charge is 0.338 e. The molecule has 3 rings (SSSR count). The van der Waals surface area contributed by atoms with Crippen molar-refractivity contribution >= 4 is 29.6 Å². The highest BCUT2D eigenvalue weighted by Gasteiger charge is 2.35. The van der Waals surface area contributed by atoms with E-state index in [4.69, 9.17) is 14.2 Å². The van der Waals surface area contributed by atoms with Crippen LogP contribution in [0.2, 0.25) is 0 Å². The van der Waals surface area contributed by atoms with Crippen LogP contribution in [0.4, 0.5) is 0 Å². The van der Waals surface area contributed by atoms with Gasteiger partial charge in [-0.15, -0.1) is 0 Å². The first-order chi connectivity index (χ1) is 15.9. The molecule has 0 spiro atoms. The maximum absolute atomic E-state index is 12.6. The number of nitrogens with one attached hydrogen (secondary N) is 1. The van der Waals surface area contributed by atoms with Gasteiger partial charge in [-0.1, -0.05) is 12.1 Å². The van der Waals surface area contributed by atoms with E-state index in [0.29, 0.717) is 13.0 Å². The average Bonchev–Trinajstić information content (AvgIpc) is 3.06. The predicted octanol–water partition coefficient (Wildman–Crippen LogP) is 1.44. The Bertz CT molecular complexity index is 1110. The number of imide groups is 2. The molecule has 0 fully saturated rings. The van der Waals surface area contributed by atoms with E-state index in [1.807, 2.05) is 0 Å². The van der Waals surface area contributed by atoms with Crippen molar-refractivity contribution in [3.05, 3.63) is 64.7 Å². The monoisotopic (exact) mass is 454 g/mol. The first-order valence-corrected chi connectivity index (χ1v) is 10.0. The molecule has 0 saturated heterocycles. The minimum Gasteiger partial charge on any atom is -0.496 e. The van der Waals surface area contributed by atoms with Crippen LogP contribution in [0.3, 0.4) is 0 Å². The number of carbonyl (C=O) groups is 5. The maximum atomic E-state index is 12.6. The van der Waals surface area contributed by atoms with Crippen molar-refractivity contribution in [3.8, 4) is 5.75 Å². The van der Waals surface area contributed by atoms with Crippen molar-refractivity contribution in [3.63, 3.8) is 0 Å². The van der Waals surface area contributed by atoms with Gasteiger partial charge in [-0.3, -0.25) is 29.4 Å². The van der Waals surface area contributed by atoms with Gasteiger partial charge in [-0.2, -0.15) is 0 Å². The Kier molecular flexibility index (Phi) is 7.52. The maximum Gasteiger partial charge on any atom is 0.338 e. The molecule has 33 heavy (non-hydrogen) atoms. The molecule has 4 amide bonds. The van der Waals surface area contributed by atoms with Gasteiger partial charge in [0.05, 0.1) is 29.4 Å². The zero-order valence-electron chi connectivity index (χ0n) is 18.1. The van der Waals surface area contributed by atoms with E-state index in [-0.39, 0.29) is 34.5 Å². The molecule has 172 valence electrons. The molecule has 1 aliphatic heterocycles. The number of para-hydroxylation sites is 1. The molecule has 0 aliphatic carbocycles. The largest absolute Gasteiger partial charge is 0.496 e. The van der Waals surface area contributed by atoms with Crippen LogP contribution in [0.25, 0.3) is 0 Å². The van der Waals surface area contributed by atoms with Gasteiger partial charge in [-0.05, 0) is 36.8 Å². The molecular formula is C23H22N2O8. The molecule has 1 aliphatic rings. The fourth-order valence-corrected chi connectivity index (χ4v) is 3.26. The SMILES string of the molecule is COCCCN1C(=O)c2ccc(C(=O)OCC(=O)NC(=O)c3ccccc3OC)cc2C1=O. The van der Waals surface area contributed by atoms with Crippen LogP contribution in [0.1, 0.15) is 47.9 Å². The van der Waals surface area contributed by atoms with Crippen LogP contribution in [0.5, 0.6) is 5.75 Å². The van der Waals surface area contributed by atoms with Crippen LogP contribution in [0, 0.1) is 0 Å². The minimum atomic E-state index is -0.879. The number of fused-ring (bicyclic) bond motifs is 1. The van der Waals surface area contributed by atoms with Crippen molar-refractivity contribution in [1.29, 1.82) is 0 Å². The van der Waals surface area contributed by atoms with Gasteiger partial charge in [-0.25, -0.2) is 4.79 Å². The summed E-state index contributed by atoms with van der Waals surface area (Å²) in [5.41, 5.74) is 0.422. The summed E-state index contributed by atoms with van der Waals surface area (Å²) in [4.78, 5) is 62.7. The lowest BCUT2D eigenvalue weighted by atomic mass is 10.1. The van der Waals surface area contributed by atoms with Gasteiger partial charge in [0.2, 0.25) is 0 Å². The Hall–Kier alpha value is -4.05. The van der Waals surface area contributed by atoms with Gasteiger partial charge in [0, 0.05) is 20.3 Å². The van der Waals surface area contributed by atoms with E-state index >= 15 is 0 Å². The van der Waals surface area contributed by atoms with Crippen LogP contribution in [0.15, 0.2) is 42.5 Å². The number of esters is 1. The molecule has 0 bridgehead atoms. The quantitative estimate of drug-likeness (QED) is 0.342. The zero-order chi connectivity index (χ0) is 24.0. The van der Waals surface area contributed by atoms with Crippen LogP contribution in [-0.2, 0) is 14.3 Å². The molecular weight excluding hydrogens is 432 g/mol. The molecule has 1 N–H and O–H groups in total. The summed E-state index contributed by atoms with van der Waals surface area (Å²) >= 11 is 0. The second kappa shape index (κ2) is 10.5. The van der Waals surface area contributed by atoms with E-state index in [0.717, 1.165) is 4.90 Å². The fraction of sp³-hybridized carbons (Fsp3) is 0.261. The van der Waals surface area contributed by atoms with Gasteiger partial charge in [0.1, 0.15) is 5.75 Å². The number of hydrogen-bond acceptors (Lipinski definition) is 8. The summed E-state index contributed by atoms with van der Waals surface area (Å²) in [5.74, 6) is -3.09. The van der Waals surface area contributed by atoms with E-state index in [1.54, 1.807) is 18.2 Å². The molecule has 10 nitrogen and oxygen atoms in total. The summed E-state index contributed by atoms with van der Waals surface area (Å²) in [5, 5.41) is 2.11. The Morgan fingerprint density at radius 1 is 0.970 bits per heavy atom. The summed E-state index contributed by atoms with van der Waals surface area (Å²) in [6.45, 7) is -0.125. The standard InChI is InChI=1S/C23H22N2O8/c1-31-11-5-10-25-21(28)15-9-8-14(12-17(15)22(25)29)23(30)33-13-19(26)24-20(27)16-6-3-4-7-18(16)32-2/h3-4,6-9,12H,5,10-11,13H2,1-2H3,(H,24,26,27). The second-order valence-electron chi connectivity index (χ2n) is 7.02. The Morgan fingerprint density at radius 3 is 2.42 bits per heavy atom. The summed E-state index contributed by atoms with van der Waals surface area (Å²) in [6.07, 6.45) is 0.486. The lowest BCUT2D eigenvalue weighted by Crippen LogP contribution is -2.34. The number of carbonyl (C=O) groups excluding carboxylic acids is 5. The number of ether oxygens (including phenoxy) is 3. The first-order valence-electron chi connectivity index (χ1n) is 10.0. The van der Waals surface area contributed by atoms with E-state index in [1.165, 1.54) is 38.5 Å². The topological polar surface area (TPSA) is 128 Å². The number of methoxy groups -OCH3 is 2. The Morgan fingerprint density at radius 2 is 1.70 bits per heavy atom. The van der Waals surface area contributed by atoms with Crippen LogP contribution in [-0.4, -0.2) is 68.5 Å². The second-order valence-corrected chi connectivity index (χ2v) is 7.02. The van der Waals surface area contributed by atoms with Crippen molar-refractivity contribution in [1.82, 2.24) is 10.2 Å². The van der Waals surface area contributed by atoms with Crippen molar-refractivity contribution in [2.75, 3.05) is 34.0 Å². The third-order valence-electron chi connectivity index (χ3n) is 4.88. The van der Waals surface area contributed by atoms with Crippen molar-refractivity contribution in [2.45, 2.75) is 6.42 Å². The highest BCUT2D eigenvalue weighted by molar-refractivity contribution is 6.22. The number of benzene rings is 2. The first kappa shape index (κ1) is 23.6. The number of rotatable bonds is 9. The number of nitrogens with zero attached hydrogens (tertiary/aromatic N) is 1. The average molecular weight is 454 g/mol. The number of amides is 4. The van der Waals surface area contributed by atoms with Gasteiger partial charge in [0.25, 0.3) is 23.6 Å². The molecule has 0 saturated carbocycles. The third kappa shape index (κ3) is 5.24. The molecule has 0 unspecified atom stereocenters. The highest BCUT2D eigenvalue weighted by atomic mass is 16.5. The van der Waals surface area contributed by atoms with Gasteiger partial charge in [0.15, 0.2) is 6.61 Å². The molecule has 0 radical (unpaired) electrons. The molecule has 1 heterocycles. The normalized spacial score (nSPS) is 12.4.